The average Bonchev–Trinajstić information content (AvgIpc) is 2.90. The predicted octanol–water partition coefficient (Wildman–Crippen LogP) is 1.95. The van der Waals surface area contributed by atoms with Crippen LogP contribution < -0.4 is 9.03 Å². The van der Waals surface area contributed by atoms with Gasteiger partial charge in [0.1, 0.15) is 0 Å². The number of hydrogen-bond donors (Lipinski definition) is 1. The van der Waals surface area contributed by atoms with E-state index in [-0.39, 0.29) is 5.75 Å². The summed E-state index contributed by atoms with van der Waals surface area (Å²) in [5, 5.41) is 0. The molecular formula is C16H18N2O4S2. The Hall–Kier alpha value is -2.06. The van der Waals surface area contributed by atoms with Crippen molar-refractivity contribution >= 4 is 31.4 Å². The maximum absolute atomic E-state index is 12.3. The highest BCUT2D eigenvalue weighted by molar-refractivity contribution is 7.92. The van der Waals surface area contributed by atoms with E-state index in [4.69, 9.17) is 0 Å². The Kier molecular flexibility index (Phi) is 4.27. The van der Waals surface area contributed by atoms with Gasteiger partial charge in [0.25, 0.3) is 0 Å². The number of hydrogen-bond acceptors (Lipinski definition) is 4. The number of rotatable bonds is 5. The summed E-state index contributed by atoms with van der Waals surface area (Å²) in [4.78, 5) is 0. The zero-order valence-corrected chi connectivity index (χ0v) is 14.8. The van der Waals surface area contributed by atoms with Crippen molar-refractivity contribution in [2.24, 2.45) is 0 Å². The van der Waals surface area contributed by atoms with Gasteiger partial charge >= 0.3 is 0 Å². The van der Waals surface area contributed by atoms with Crippen LogP contribution in [0.4, 0.5) is 11.4 Å². The minimum Gasteiger partial charge on any atom is -0.283 e. The van der Waals surface area contributed by atoms with E-state index in [1.54, 1.807) is 42.5 Å². The van der Waals surface area contributed by atoms with Gasteiger partial charge in [-0.15, -0.1) is 0 Å². The first kappa shape index (κ1) is 16.8. The molecule has 0 atom stereocenters. The Morgan fingerprint density at radius 1 is 1.04 bits per heavy atom. The molecule has 2 aromatic carbocycles. The maximum atomic E-state index is 12.3. The van der Waals surface area contributed by atoms with Crippen LogP contribution in [0.15, 0.2) is 48.5 Å². The lowest BCUT2D eigenvalue weighted by Crippen LogP contribution is -2.27. The molecule has 0 saturated heterocycles. The first-order valence-electron chi connectivity index (χ1n) is 7.40. The van der Waals surface area contributed by atoms with Crippen molar-refractivity contribution in [3.05, 3.63) is 59.7 Å². The monoisotopic (exact) mass is 366 g/mol. The van der Waals surface area contributed by atoms with Crippen molar-refractivity contribution in [1.29, 1.82) is 0 Å². The van der Waals surface area contributed by atoms with Gasteiger partial charge in [0.15, 0.2) is 0 Å². The smallest absolute Gasteiger partial charge is 0.236 e. The Morgan fingerprint density at radius 2 is 1.75 bits per heavy atom. The fourth-order valence-electron chi connectivity index (χ4n) is 2.79. The van der Waals surface area contributed by atoms with Gasteiger partial charge in [0.2, 0.25) is 20.0 Å². The molecule has 6 nitrogen and oxygen atoms in total. The molecule has 0 aromatic heterocycles. The lowest BCUT2D eigenvalue weighted by molar-refractivity contribution is 0.597. The van der Waals surface area contributed by atoms with Crippen LogP contribution >= 0.6 is 0 Å². The minimum absolute atomic E-state index is 0.111. The van der Waals surface area contributed by atoms with E-state index >= 15 is 0 Å². The Bertz CT molecular complexity index is 955. The molecule has 24 heavy (non-hydrogen) atoms. The SMILES string of the molecule is CS(=O)(=O)N1CCc2cc(NS(=O)(=O)Cc3ccccc3)ccc21. The van der Waals surface area contributed by atoms with E-state index in [0.29, 0.717) is 29.9 Å². The summed E-state index contributed by atoms with van der Waals surface area (Å²) in [6.07, 6.45) is 1.73. The van der Waals surface area contributed by atoms with Crippen LogP contribution in [-0.2, 0) is 32.2 Å². The van der Waals surface area contributed by atoms with Crippen LogP contribution in [-0.4, -0.2) is 29.6 Å². The van der Waals surface area contributed by atoms with Gasteiger partial charge in [-0.25, -0.2) is 16.8 Å². The van der Waals surface area contributed by atoms with Crippen LogP contribution in [0.1, 0.15) is 11.1 Å². The van der Waals surface area contributed by atoms with E-state index in [1.807, 2.05) is 6.07 Å². The summed E-state index contributed by atoms with van der Waals surface area (Å²) in [6.45, 7) is 0.383. The topological polar surface area (TPSA) is 83.6 Å². The molecule has 0 bridgehead atoms. The molecule has 0 radical (unpaired) electrons. The minimum atomic E-state index is -3.53. The summed E-state index contributed by atoms with van der Waals surface area (Å²) >= 11 is 0. The molecule has 1 aliphatic heterocycles. The molecule has 128 valence electrons. The summed E-state index contributed by atoms with van der Waals surface area (Å²) in [5.41, 5.74) is 2.58. The highest BCUT2D eigenvalue weighted by Crippen LogP contribution is 2.32. The van der Waals surface area contributed by atoms with Crippen LogP contribution in [0.2, 0.25) is 0 Å². The number of fused-ring (bicyclic) bond motifs is 1. The molecule has 3 rings (SSSR count). The quantitative estimate of drug-likeness (QED) is 0.877. The summed E-state index contributed by atoms with van der Waals surface area (Å²) in [6, 6.07) is 13.9. The Balaban J connectivity index is 1.80. The summed E-state index contributed by atoms with van der Waals surface area (Å²) in [7, 11) is -6.84. The third kappa shape index (κ3) is 3.70. The lowest BCUT2D eigenvalue weighted by Gasteiger charge is -2.16. The van der Waals surface area contributed by atoms with Gasteiger partial charge in [-0.2, -0.15) is 0 Å². The number of benzene rings is 2. The molecule has 0 spiro atoms. The van der Waals surface area contributed by atoms with Crippen LogP contribution in [0.3, 0.4) is 0 Å². The third-order valence-corrected chi connectivity index (χ3v) is 6.25. The van der Waals surface area contributed by atoms with E-state index in [1.165, 1.54) is 10.6 Å². The number of sulfonamides is 2. The van der Waals surface area contributed by atoms with E-state index in [2.05, 4.69) is 4.72 Å². The molecule has 0 amide bonds. The van der Waals surface area contributed by atoms with Gasteiger partial charge < -0.3 is 0 Å². The van der Waals surface area contributed by atoms with Gasteiger partial charge in [-0.05, 0) is 35.7 Å². The highest BCUT2D eigenvalue weighted by atomic mass is 32.2. The molecule has 8 heteroatoms. The molecule has 0 unspecified atom stereocenters. The van der Waals surface area contributed by atoms with Crippen molar-refractivity contribution in [2.75, 3.05) is 21.8 Å². The number of nitrogens with zero attached hydrogens (tertiary/aromatic N) is 1. The van der Waals surface area contributed by atoms with Crippen molar-refractivity contribution in [3.8, 4) is 0 Å². The normalized spacial score (nSPS) is 14.5. The zero-order valence-electron chi connectivity index (χ0n) is 13.1. The van der Waals surface area contributed by atoms with Gasteiger partial charge in [0.05, 0.1) is 17.7 Å². The highest BCUT2D eigenvalue weighted by Gasteiger charge is 2.26. The van der Waals surface area contributed by atoms with Crippen molar-refractivity contribution < 1.29 is 16.8 Å². The molecular weight excluding hydrogens is 348 g/mol. The fourth-order valence-corrected chi connectivity index (χ4v) is 4.94. The van der Waals surface area contributed by atoms with Crippen LogP contribution in [0.5, 0.6) is 0 Å². The van der Waals surface area contributed by atoms with Crippen LogP contribution in [0, 0.1) is 0 Å². The maximum Gasteiger partial charge on any atom is 0.236 e. The predicted molar refractivity (Wildman–Crippen MR) is 95.0 cm³/mol. The van der Waals surface area contributed by atoms with E-state index in [9.17, 15) is 16.8 Å². The summed E-state index contributed by atoms with van der Waals surface area (Å²) in [5.74, 6) is -0.111. The number of anilines is 2. The lowest BCUT2D eigenvalue weighted by atomic mass is 10.1. The molecule has 1 N–H and O–H groups in total. The molecule has 0 saturated carbocycles. The standard InChI is InChI=1S/C16H18N2O4S2/c1-23(19,20)18-10-9-14-11-15(7-8-16(14)18)17-24(21,22)12-13-5-3-2-4-6-13/h2-8,11,17H,9-10,12H2,1H3. The Labute approximate surface area is 142 Å². The van der Waals surface area contributed by atoms with Gasteiger partial charge in [0, 0.05) is 12.2 Å². The molecule has 1 heterocycles. The number of nitrogens with one attached hydrogen (secondary N) is 1. The largest absolute Gasteiger partial charge is 0.283 e. The molecule has 0 aliphatic carbocycles. The van der Waals surface area contributed by atoms with E-state index in [0.717, 1.165) is 5.56 Å². The second-order valence-corrected chi connectivity index (χ2v) is 9.40. The fraction of sp³-hybridized carbons (Fsp3) is 0.250. The Morgan fingerprint density at radius 3 is 2.42 bits per heavy atom. The second kappa shape index (κ2) is 6.10. The average molecular weight is 366 g/mol. The second-order valence-electron chi connectivity index (χ2n) is 5.78. The van der Waals surface area contributed by atoms with E-state index < -0.39 is 20.0 Å². The zero-order chi connectivity index (χ0) is 17.4. The van der Waals surface area contributed by atoms with Gasteiger partial charge in [-0.1, -0.05) is 30.3 Å². The first-order chi connectivity index (χ1) is 11.2. The molecule has 0 fully saturated rings. The molecule has 2 aromatic rings. The third-order valence-electron chi connectivity index (χ3n) is 3.81. The molecule has 1 aliphatic rings. The van der Waals surface area contributed by atoms with Crippen LogP contribution in [0.25, 0.3) is 0 Å². The van der Waals surface area contributed by atoms with Crippen molar-refractivity contribution in [2.45, 2.75) is 12.2 Å². The first-order valence-corrected chi connectivity index (χ1v) is 10.9. The van der Waals surface area contributed by atoms with Crippen molar-refractivity contribution in [3.63, 3.8) is 0 Å². The summed E-state index contributed by atoms with van der Waals surface area (Å²) < 4.78 is 51.9. The van der Waals surface area contributed by atoms with Crippen molar-refractivity contribution in [1.82, 2.24) is 0 Å². The van der Waals surface area contributed by atoms with Gasteiger partial charge in [-0.3, -0.25) is 9.03 Å².